The summed E-state index contributed by atoms with van der Waals surface area (Å²) in [5.74, 6) is 0.187. The number of nitrogens with one attached hydrogen (secondary N) is 2. The molecule has 1 aliphatic rings. The van der Waals surface area contributed by atoms with Crippen molar-refractivity contribution in [2.75, 3.05) is 22.6 Å². The van der Waals surface area contributed by atoms with E-state index in [9.17, 15) is 13.2 Å². The summed E-state index contributed by atoms with van der Waals surface area (Å²) in [6.07, 6.45) is 0.488. The molecule has 1 aromatic carbocycles. The summed E-state index contributed by atoms with van der Waals surface area (Å²) in [5.41, 5.74) is 3.37. The third-order valence-corrected chi connectivity index (χ3v) is 7.83. The summed E-state index contributed by atoms with van der Waals surface area (Å²) in [4.78, 5) is 12.0. The summed E-state index contributed by atoms with van der Waals surface area (Å²) >= 11 is 2.67. The van der Waals surface area contributed by atoms with Crippen LogP contribution in [0, 0.1) is 13.8 Å². The second-order valence-corrected chi connectivity index (χ2v) is 10.7. The van der Waals surface area contributed by atoms with Gasteiger partial charge >= 0.3 is 0 Å². The minimum atomic E-state index is -2.99. The number of hydrogen-bond donors (Lipinski definition) is 2. The number of nitrogens with zero attached hydrogens (tertiary/aromatic N) is 2. The molecule has 0 saturated carbocycles. The number of hydrogen-bond acceptors (Lipinski definition) is 8. The van der Waals surface area contributed by atoms with E-state index in [4.69, 9.17) is 0 Å². The molecule has 1 aromatic heterocycles. The summed E-state index contributed by atoms with van der Waals surface area (Å²) in [6.45, 7) is 4.11. The normalized spacial score (nSPS) is 18.6. The largest absolute Gasteiger partial charge is 0.352 e. The number of sulfone groups is 1. The summed E-state index contributed by atoms with van der Waals surface area (Å²) in [7, 11) is -2.99. The van der Waals surface area contributed by atoms with E-state index in [0.717, 1.165) is 5.69 Å². The van der Waals surface area contributed by atoms with E-state index < -0.39 is 9.84 Å². The fourth-order valence-electron chi connectivity index (χ4n) is 2.57. The van der Waals surface area contributed by atoms with Crippen LogP contribution in [0.15, 0.2) is 22.5 Å². The topological polar surface area (TPSA) is 101 Å². The molecule has 140 valence electrons. The maximum atomic E-state index is 12.0. The first kappa shape index (κ1) is 19.1. The van der Waals surface area contributed by atoms with Crippen molar-refractivity contribution >= 4 is 49.7 Å². The van der Waals surface area contributed by atoms with Gasteiger partial charge in [0.25, 0.3) is 0 Å². The second kappa shape index (κ2) is 7.93. The molecular formula is C16H20N4O3S3. The molecule has 1 aliphatic heterocycles. The maximum Gasteiger partial charge on any atom is 0.230 e. The highest BCUT2D eigenvalue weighted by molar-refractivity contribution is 8.01. The molecule has 26 heavy (non-hydrogen) atoms. The number of thioether (sulfide) groups is 1. The van der Waals surface area contributed by atoms with Gasteiger partial charge in [-0.3, -0.25) is 4.79 Å². The number of benzene rings is 1. The van der Waals surface area contributed by atoms with Crippen molar-refractivity contribution in [2.24, 2.45) is 0 Å². The highest BCUT2D eigenvalue weighted by Gasteiger charge is 2.28. The number of carbonyl (C=O) groups excluding carboxylic acids is 1. The van der Waals surface area contributed by atoms with Crippen LogP contribution in [-0.2, 0) is 14.6 Å². The molecule has 2 N–H and O–H groups in total. The smallest absolute Gasteiger partial charge is 0.230 e. The van der Waals surface area contributed by atoms with Gasteiger partial charge in [0, 0.05) is 11.7 Å². The number of aromatic nitrogens is 2. The Kier molecular flexibility index (Phi) is 5.83. The lowest BCUT2D eigenvalue weighted by Gasteiger charge is -2.09. The van der Waals surface area contributed by atoms with Crippen LogP contribution in [0.3, 0.4) is 0 Å². The van der Waals surface area contributed by atoms with Gasteiger partial charge in [-0.15, -0.1) is 10.2 Å². The molecule has 2 heterocycles. The molecule has 0 unspecified atom stereocenters. The first-order valence-corrected chi connectivity index (χ1v) is 11.7. The van der Waals surface area contributed by atoms with Crippen molar-refractivity contribution in [1.29, 1.82) is 0 Å². The molecule has 0 aliphatic carbocycles. The number of amides is 1. The van der Waals surface area contributed by atoms with Crippen molar-refractivity contribution in [3.05, 3.63) is 29.3 Å². The Balaban J connectivity index is 1.49. The van der Waals surface area contributed by atoms with Gasteiger partial charge in [-0.25, -0.2) is 8.42 Å². The van der Waals surface area contributed by atoms with Crippen LogP contribution in [0.2, 0.25) is 0 Å². The lowest BCUT2D eigenvalue weighted by Crippen LogP contribution is -2.36. The Hall–Kier alpha value is -1.65. The van der Waals surface area contributed by atoms with Crippen molar-refractivity contribution in [3.8, 4) is 0 Å². The third-order valence-electron chi connectivity index (χ3n) is 4.09. The highest BCUT2D eigenvalue weighted by atomic mass is 32.2. The van der Waals surface area contributed by atoms with Gasteiger partial charge in [-0.05, 0) is 43.5 Å². The maximum absolute atomic E-state index is 12.0. The van der Waals surface area contributed by atoms with Crippen molar-refractivity contribution in [1.82, 2.24) is 15.5 Å². The monoisotopic (exact) mass is 412 g/mol. The van der Waals surface area contributed by atoms with E-state index in [1.54, 1.807) is 0 Å². The molecule has 1 fully saturated rings. The van der Waals surface area contributed by atoms with Crippen LogP contribution in [-0.4, -0.2) is 47.8 Å². The Morgan fingerprint density at radius 3 is 2.81 bits per heavy atom. The van der Waals surface area contributed by atoms with Gasteiger partial charge in [0.15, 0.2) is 14.2 Å². The molecule has 0 bridgehead atoms. The van der Waals surface area contributed by atoms with Gasteiger partial charge in [0.1, 0.15) is 0 Å². The molecule has 0 radical (unpaired) electrons. The van der Waals surface area contributed by atoms with Gasteiger partial charge in [0.05, 0.1) is 17.3 Å². The zero-order valence-corrected chi connectivity index (χ0v) is 16.9. The molecule has 3 rings (SSSR count). The molecule has 7 nitrogen and oxygen atoms in total. The molecule has 1 atom stereocenters. The zero-order valence-electron chi connectivity index (χ0n) is 14.5. The van der Waals surface area contributed by atoms with Gasteiger partial charge in [0.2, 0.25) is 11.0 Å². The van der Waals surface area contributed by atoms with Crippen LogP contribution >= 0.6 is 23.1 Å². The fourth-order valence-corrected chi connectivity index (χ4v) is 5.82. The summed E-state index contributed by atoms with van der Waals surface area (Å²) in [6, 6.07) is 5.80. The van der Waals surface area contributed by atoms with E-state index in [1.165, 1.54) is 34.2 Å². The van der Waals surface area contributed by atoms with Gasteiger partial charge in [-0.1, -0.05) is 29.2 Å². The van der Waals surface area contributed by atoms with Crippen molar-refractivity contribution in [3.63, 3.8) is 0 Å². The first-order valence-electron chi connectivity index (χ1n) is 8.11. The predicted octanol–water partition coefficient (Wildman–Crippen LogP) is 2.29. The third kappa shape index (κ3) is 5.18. The minimum Gasteiger partial charge on any atom is -0.352 e. The van der Waals surface area contributed by atoms with Crippen LogP contribution in [0.4, 0.5) is 10.8 Å². The lowest BCUT2D eigenvalue weighted by molar-refractivity contribution is -0.119. The van der Waals surface area contributed by atoms with Crippen molar-refractivity contribution < 1.29 is 13.2 Å². The second-order valence-electron chi connectivity index (χ2n) is 6.25. The van der Waals surface area contributed by atoms with Crippen LogP contribution in [0.5, 0.6) is 0 Å². The lowest BCUT2D eigenvalue weighted by atomic mass is 10.1. The van der Waals surface area contributed by atoms with Crippen LogP contribution in [0.1, 0.15) is 17.5 Å². The van der Waals surface area contributed by atoms with E-state index in [1.807, 2.05) is 18.2 Å². The molecular weight excluding hydrogens is 392 g/mol. The SMILES string of the molecule is Cc1ccc(Nc2nnc(SCC(=O)N[C@H]3CCS(=O)(=O)C3)s2)cc1C. The summed E-state index contributed by atoms with van der Waals surface area (Å²) < 4.78 is 23.5. The number of carbonyl (C=O) groups is 1. The molecule has 10 heteroatoms. The average molecular weight is 413 g/mol. The number of rotatable bonds is 6. The molecule has 1 saturated heterocycles. The fraction of sp³-hybridized carbons (Fsp3) is 0.438. The quantitative estimate of drug-likeness (QED) is 0.702. The Labute approximate surface area is 160 Å². The first-order chi connectivity index (χ1) is 12.3. The van der Waals surface area contributed by atoms with Gasteiger partial charge in [-0.2, -0.15) is 0 Å². The van der Waals surface area contributed by atoms with E-state index in [2.05, 4.69) is 34.7 Å². The minimum absolute atomic E-state index is 0.0340. The Morgan fingerprint density at radius 1 is 1.31 bits per heavy atom. The van der Waals surface area contributed by atoms with Crippen LogP contribution in [0.25, 0.3) is 0 Å². The molecule has 1 amide bonds. The average Bonchev–Trinajstić information content (AvgIpc) is 3.15. The molecule has 2 aromatic rings. The highest BCUT2D eigenvalue weighted by Crippen LogP contribution is 2.28. The Bertz CT molecular complexity index is 911. The standard InChI is InChI=1S/C16H20N4O3S3/c1-10-3-4-12(7-11(10)2)18-15-19-20-16(25-15)24-8-14(21)17-13-5-6-26(22,23)9-13/h3-4,7,13H,5-6,8-9H2,1-2H3,(H,17,21)(H,18,19)/t13-/m0/s1. The predicted molar refractivity (Wildman–Crippen MR) is 105 cm³/mol. The Morgan fingerprint density at radius 2 is 2.12 bits per heavy atom. The van der Waals surface area contributed by atoms with E-state index in [-0.39, 0.29) is 29.2 Å². The summed E-state index contributed by atoms with van der Waals surface area (Å²) in [5, 5.41) is 14.8. The zero-order chi connectivity index (χ0) is 18.7. The van der Waals surface area contributed by atoms with Crippen molar-refractivity contribution in [2.45, 2.75) is 30.6 Å². The van der Waals surface area contributed by atoms with Crippen LogP contribution < -0.4 is 10.6 Å². The van der Waals surface area contributed by atoms with E-state index >= 15 is 0 Å². The van der Waals surface area contributed by atoms with E-state index in [0.29, 0.717) is 15.9 Å². The van der Waals surface area contributed by atoms with Gasteiger partial charge < -0.3 is 10.6 Å². The number of aryl methyl sites for hydroxylation is 2. The number of anilines is 2. The molecule has 0 spiro atoms.